The zero-order chi connectivity index (χ0) is 14.4. The highest BCUT2D eigenvalue weighted by atomic mass is 127. The molecule has 0 atom stereocenters. The maximum atomic E-state index is 13.0. The largest absolute Gasteiger partial charge is 0.495 e. The van der Waals surface area contributed by atoms with E-state index >= 15 is 0 Å². The van der Waals surface area contributed by atoms with E-state index in [9.17, 15) is 4.39 Å². The van der Waals surface area contributed by atoms with Crippen molar-refractivity contribution >= 4 is 35.6 Å². The number of methoxy groups -OCH3 is 1. The summed E-state index contributed by atoms with van der Waals surface area (Å²) in [6, 6.07) is 13.6. The van der Waals surface area contributed by atoms with E-state index in [0.717, 1.165) is 11.3 Å². The van der Waals surface area contributed by atoms with Crippen LogP contribution in [0.15, 0.2) is 53.5 Å². The molecule has 0 amide bonds. The molecule has 6 heteroatoms. The third kappa shape index (κ3) is 5.22. The van der Waals surface area contributed by atoms with Crippen LogP contribution in [-0.2, 0) is 6.54 Å². The number of hydrogen-bond donors (Lipinski definition) is 2. The molecule has 2 aromatic carbocycles. The summed E-state index contributed by atoms with van der Waals surface area (Å²) < 4.78 is 18.2. The third-order valence-corrected chi connectivity index (χ3v) is 2.69. The topological polar surface area (TPSA) is 59.6 Å². The maximum absolute atomic E-state index is 13.0. The molecule has 3 N–H and O–H groups in total. The first-order valence-corrected chi connectivity index (χ1v) is 6.13. The standard InChI is InChI=1S/C15H16FN3O.HI/c1-20-14-8-3-2-7-13(14)19-15(17)18-10-11-5-4-6-12(16)9-11;/h2-9H,10H2,1H3,(H3,17,18,19);1H. The fraction of sp³-hybridized carbons (Fsp3) is 0.133. The number of aliphatic imine (C=N–C) groups is 1. The van der Waals surface area contributed by atoms with Crippen LogP contribution in [0.5, 0.6) is 5.75 Å². The van der Waals surface area contributed by atoms with Crippen LogP contribution in [0.2, 0.25) is 0 Å². The molecule has 2 rings (SSSR count). The molecule has 0 fully saturated rings. The van der Waals surface area contributed by atoms with E-state index in [0.29, 0.717) is 12.3 Å². The van der Waals surface area contributed by atoms with Gasteiger partial charge in [0.15, 0.2) is 5.96 Å². The molecule has 0 aliphatic heterocycles. The van der Waals surface area contributed by atoms with E-state index in [1.165, 1.54) is 12.1 Å². The second-order valence-electron chi connectivity index (χ2n) is 4.16. The zero-order valence-corrected chi connectivity index (χ0v) is 13.9. The Morgan fingerprint density at radius 1 is 1.24 bits per heavy atom. The van der Waals surface area contributed by atoms with Gasteiger partial charge >= 0.3 is 0 Å². The van der Waals surface area contributed by atoms with Crippen molar-refractivity contribution in [3.8, 4) is 5.75 Å². The van der Waals surface area contributed by atoms with Crippen LogP contribution in [-0.4, -0.2) is 13.1 Å². The molecule has 0 aliphatic carbocycles. The quantitative estimate of drug-likeness (QED) is 0.469. The summed E-state index contributed by atoms with van der Waals surface area (Å²) in [5, 5.41) is 2.96. The smallest absolute Gasteiger partial charge is 0.193 e. The number of nitrogens with two attached hydrogens (primary N) is 1. The second-order valence-corrected chi connectivity index (χ2v) is 4.16. The molecule has 0 heterocycles. The number of ether oxygens (including phenoxy) is 1. The van der Waals surface area contributed by atoms with Crippen molar-refractivity contribution in [1.82, 2.24) is 0 Å². The molecule has 0 aliphatic rings. The number of halogens is 2. The number of para-hydroxylation sites is 2. The Hall–Kier alpha value is -1.83. The highest BCUT2D eigenvalue weighted by Crippen LogP contribution is 2.22. The number of nitrogens with zero attached hydrogens (tertiary/aromatic N) is 1. The summed E-state index contributed by atoms with van der Waals surface area (Å²) in [4.78, 5) is 4.17. The summed E-state index contributed by atoms with van der Waals surface area (Å²) in [6.45, 7) is 0.311. The molecule has 2 aromatic rings. The third-order valence-electron chi connectivity index (χ3n) is 2.69. The van der Waals surface area contributed by atoms with Crippen molar-refractivity contribution in [2.75, 3.05) is 12.4 Å². The highest BCUT2D eigenvalue weighted by Gasteiger charge is 2.02. The molecule has 0 spiro atoms. The Labute approximate surface area is 140 Å². The molecule has 0 aromatic heterocycles. The van der Waals surface area contributed by atoms with Gasteiger partial charge in [0.05, 0.1) is 19.3 Å². The fourth-order valence-corrected chi connectivity index (χ4v) is 1.74. The van der Waals surface area contributed by atoms with Gasteiger partial charge in [-0.25, -0.2) is 9.38 Å². The van der Waals surface area contributed by atoms with Crippen molar-refractivity contribution in [3.63, 3.8) is 0 Å². The molecule has 0 bridgehead atoms. The minimum absolute atomic E-state index is 0. The minimum Gasteiger partial charge on any atom is -0.495 e. The monoisotopic (exact) mass is 401 g/mol. The lowest BCUT2D eigenvalue weighted by molar-refractivity contribution is 0.417. The average molecular weight is 401 g/mol. The van der Waals surface area contributed by atoms with Crippen LogP contribution in [0.3, 0.4) is 0 Å². The Morgan fingerprint density at radius 2 is 2.00 bits per heavy atom. The number of benzene rings is 2. The van der Waals surface area contributed by atoms with Crippen molar-refractivity contribution in [2.24, 2.45) is 10.7 Å². The van der Waals surface area contributed by atoms with E-state index < -0.39 is 0 Å². The Balaban J connectivity index is 0.00000220. The van der Waals surface area contributed by atoms with Gasteiger partial charge < -0.3 is 15.8 Å². The average Bonchev–Trinajstić information content (AvgIpc) is 2.46. The maximum Gasteiger partial charge on any atom is 0.193 e. The number of anilines is 1. The Kier molecular flexibility index (Phi) is 6.93. The summed E-state index contributed by atoms with van der Waals surface area (Å²) in [5.41, 5.74) is 7.30. The van der Waals surface area contributed by atoms with Crippen molar-refractivity contribution in [2.45, 2.75) is 6.54 Å². The summed E-state index contributed by atoms with van der Waals surface area (Å²) >= 11 is 0. The van der Waals surface area contributed by atoms with Gasteiger partial charge in [0, 0.05) is 0 Å². The van der Waals surface area contributed by atoms with Gasteiger partial charge in [-0.15, -0.1) is 24.0 Å². The number of nitrogens with one attached hydrogen (secondary N) is 1. The predicted octanol–water partition coefficient (Wildman–Crippen LogP) is 3.38. The van der Waals surface area contributed by atoms with Gasteiger partial charge in [-0.1, -0.05) is 24.3 Å². The van der Waals surface area contributed by atoms with Crippen molar-refractivity contribution in [3.05, 3.63) is 59.9 Å². The van der Waals surface area contributed by atoms with Crippen LogP contribution in [0.1, 0.15) is 5.56 Å². The second kappa shape index (κ2) is 8.46. The lowest BCUT2D eigenvalue weighted by Gasteiger charge is -2.10. The Morgan fingerprint density at radius 3 is 2.71 bits per heavy atom. The van der Waals surface area contributed by atoms with Crippen molar-refractivity contribution in [1.29, 1.82) is 0 Å². The van der Waals surface area contributed by atoms with E-state index in [-0.39, 0.29) is 35.8 Å². The SMILES string of the molecule is COc1ccccc1NC(N)=NCc1cccc(F)c1.I. The molecule has 0 radical (unpaired) electrons. The molecule has 4 nitrogen and oxygen atoms in total. The predicted molar refractivity (Wildman–Crippen MR) is 93.8 cm³/mol. The molecule has 112 valence electrons. The first-order chi connectivity index (χ1) is 9.69. The summed E-state index contributed by atoms with van der Waals surface area (Å²) in [7, 11) is 1.58. The first-order valence-electron chi connectivity index (χ1n) is 6.13. The zero-order valence-electron chi connectivity index (χ0n) is 11.5. The van der Waals surface area contributed by atoms with Crippen LogP contribution in [0.4, 0.5) is 10.1 Å². The molecular formula is C15H17FIN3O. The van der Waals surface area contributed by atoms with E-state index in [1.54, 1.807) is 19.2 Å². The number of rotatable bonds is 4. The fourth-order valence-electron chi connectivity index (χ4n) is 1.74. The van der Waals surface area contributed by atoms with Crippen LogP contribution in [0.25, 0.3) is 0 Å². The molecule has 21 heavy (non-hydrogen) atoms. The lowest BCUT2D eigenvalue weighted by Crippen LogP contribution is -2.22. The van der Waals surface area contributed by atoms with Gasteiger partial charge in [-0.3, -0.25) is 0 Å². The lowest BCUT2D eigenvalue weighted by atomic mass is 10.2. The first kappa shape index (κ1) is 17.2. The van der Waals surface area contributed by atoms with Crippen LogP contribution in [0, 0.1) is 5.82 Å². The van der Waals surface area contributed by atoms with E-state index in [2.05, 4.69) is 10.3 Å². The normalized spacial score (nSPS) is 10.7. The van der Waals surface area contributed by atoms with Gasteiger partial charge in [-0.05, 0) is 29.8 Å². The van der Waals surface area contributed by atoms with Gasteiger partial charge in [0.25, 0.3) is 0 Å². The highest BCUT2D eigenvalue weighted by molar-refractivity contribution is 14.0. The minimum atomic E-state index is -0.283. The number of hydrogen-bond acceptors (Lipinski definition) is 2. The van der Waals surface area contributed by atoms with Crippen LogP contribution >= 0.6 is 24.0 Å². The van der Waals surface area contributed by atoms with Gasteiger partial charge in [0.1, 0.15) is 11.6 Å². The van der Waals surface area contributed by atoms with Gasteiger partial charge in [-0.2, -0.15) is 0 Å². The number of guanidine groups is 1. The molecule has 0 saturated heterocycles. The van der Waals surface area contributed by atoms with E-state index in [1.807, 2.05) is 24.3 Å². The van der Waals surface area contributed by atoms with Gasteiger partial charge in [0.2, 0.25) is 0 Å². The van der Waals surface area contributed by atoms with E-state index in [4.69, 9.17) is 10.5 Å². The molecular weight excluding hydrogens is 384 g/mol. The molecule has 0 unspecified atom stereocenters. The van der Waals surface area contributed by atoms with Crippen LogP contribution < -0.4 is 15.8 Å². The summed E-state index contributed by atoms with van der Waals surface area (Å²) in [6.07, 6.45) is 0. The summed E-state index contributed by atoms with van der Waals surface area (Å²) in [5.74, 6) is 0.643. The van der Waals surface area contributed by atoms with Crippen molar-refractivity contribution < 1.29 is 9.13 Å². The molecule has 0 saturated carbocycles. The Bertz CT molecular complexity index is 619.